The molecule has 3 aromatic rings. The highest BCUT2D eigenvalue weighted by Crippen LogP contribution is 2.45. The maximum atomic E-state index is 15.1. The molecule has 2 unspecified atom stereocenters. The zero-order chi connectivity index (χ0) is 27.1. The number of aryl methyl sites for hydroxylation is 1. The third-order valence-electron chi connectivity index (χ3n) is 8.16. The molecule has 0 amide bonds. The van der Waals surface area contributed by atoms with Gasteiger partial charge in [-0.1, -0.05) is 36.4 Å². The third kappa shape index (κ3) is 4.97. The molecule has 2 fully saturated rings. The van der Waals surface area contributed by atoms with E-state index in [1.54, 1.807) is 6.07 Å². The summed E-state index contributed by atoms with van der Waals surface area (Å²) in [6, 6.07) is 15.4. The standard InChI is InChI=1S/C29H31FN4O4S/c1-38-26(35)15-18-9-12-24(23(30)14-18)31-28-27-25(8-5-13-39(27,36)37)32-29(33-28)34-21-10-11-22(34)17-20(16-21)19-6-3-2-4-7-19/h2-4,6-7,9,12,14,20-22H,5,8,10-11,13,15-17H2,1H3,(H,31,32,33). The molecule has 4 heterocycles. The fraction of sp³-hybridized carbons (Fsp3) is 0.414. The summed E-state index contributed by atoms with van der Waals surface area (Å²) in [5.74, 6) is 0.0110. The molecule has 2 saturated heterocycles. The molecule has 1 aromatic heterocycles. The van der Waals surface area contributed by atoms with Gasteiger partial charge in [-0.15, -0.1) is 0 Å². The van der Waals surface area contributed by atoms with Crippen molar-refractivity contribution in [3.63, 3.8) is 0 Å². The van der Waals surface area contributed by atoms with Gasteiger partial charge in [-0.3, -0.25) is 4.79 Å². The lowest BCUT2D eigenvalue weighted by atomic mass is 9.85. The van der Waals surface area contributed by atoms with Crippen LogP contribution >= 0.6 is 0 Å². The Kier molecular flexibility index (Phi) is 6.74. The minimum atomic E-state index is -3.63. The molecule has 0 radical (unpaired) electrons. The monoisotopic (exact) mass is 550 g/mol. The Bertz CT molecular complexity index is 1500. The molecule has 39 heavy (non-hydrogen) atoms. The normalized spacial score (nSPS) is 23.2. The number of aromatic nitrogens is 2. The Hall–Kier alpha value is -3.53. The van der Waals surface area contributed by atoms with Gasteiger partial charge in [-0.05, 0) is 67.7 Å². The number of esters is 1. The Morgan fingerprint density at radius 1 is 1.10 bits per heavy atom. The number of hydrogen-bond donors (Lipinski definition) is 1. The number of anilines is 3. The number of carbonyl (C=O) groups excluding carboxylic acids is 1. The number of benzene rings is 2. The molecule has 1 N–H and O–H groups in total. The lowest BCUT2D eigenvalue weighted by Gasteiger charge is -2.39. The van der Waals surface area contributed by atoms with Crippen LogP contribution in [0, 0.1) is 5.82 Å². The largest absolute Gasteiger partial charge is 0.469 e. The molecule has 2 aromatic carbocycles. The van der Waals surface area contributed by atoms with Crippen LogP contribution in [-0.2, 0) is 32.2 Å². The summed E-state index contributed by atoms with van der Waals surface area (Å²) in [6.07, 6.45) is 4.99. The summed E-state index contributed by atoms with van der Waals surface area (Å²) >= 11 is 0. The highest BCUT2D eigenvalue weighted by molar-refractivity contribution is 7.91. The molecular weight excluding hydrogens is 519 g/mol. The molecular formula is C29H31FN4O4S. The van der Waals surface area contributed by atoms with Crippen molar-refractivity contribution in [2.75, 3.05) is 23.1 Å². The molecule has 0 aliphatic carbocycles. The highest BCUT2D eigenvalue weighted by Gasteiger charge is 2.43. The van der Waals surface area contributed by atoms with Crippen molar-refractivity contribution in [3.8, 4) is 0 Å². The number of ether oxygens (including phenoxy) is 1. The first kappa shape index (κ1) is 25.7. The second kappa shape index (κ2) is 10.2. The summed E-state index contributed by atoms with van der Waals surface area (Å²) in [4.78, 5) is 23.5. The van der Waals surface area contributed by atoms with Gasteiger partial charge in [0.15, 0.2) is 15.7 Å². The van der Waals surface area contributed by atoms with Gasteiger partial charge < -0.3 is 15.0 Å². The van der Waals surface area contributed by atoms with Gasteiger partial charge in [0, 0.05) is 12.1 Å². The van der Waals surface area contributed by atoms with Crippen molar-refractivity contribution < 1.29 is 22.3 Å². The highest BCUT2D eigenvalue weighted by atomic mass is 32.2. The van der Waals surface area contributed by atoms with Crippen LogP contribution in [0.25, 0.3) is 0 Å². The number of halogens is 1. The first-order chi connectivity index (χ1) is 18.8. The van der Waals surface area contributed by atoms with Crippen LogP contribution in [-0.4, -0.2) is 49.3 Å². The average Bonchev–Trinajstić information content (AvgIpc) is 3.19. The minimum Gasteiger partial charge on any atom is -0.469 e. The molecule has 6 rings (SSSR count). The number of fused-ring (bicyclic) bond motifs is 3. The fourth-order valence-corrected chi connectivity index (χ4v) is 7.98. The smallest absolute Gasteiger partial charge is 0.309 e. The van der Waals surface area contributed by atoms with Crippen molar-refractivity contribution in [2.24, 2.45) is 0 Å². The molecule has 8 nitrogen and oxygen atoms in total. The van der Waals surface area contributed by atoms with Gasteiger partial charge in [0.05, 0.1) is 30.7 Å². The predicted octanol–water partition coefficient (Wildman–Crippen LogP) is 4.71. The predicted molar refractivity (Wildman–Crippen MR) is 146 cm³/mol. The fourth-order valence-electron chi connectivity index (χ4n) is 6.35. The molecule has 0 saturated carbocycles. The second-order valence-electron chi connectivity index (χ2n) is 10.6. The molecule has 0 spiro atoms. The van der Waals surface area contributed by atoms with Gasteiger partial charge in [0.1, 0.15) is 10.7 Å². The van der Waals surface area contributed by atoms with Crippen molar-refractivity contribution in [3.05, 3.63) is 71.2 Å². The van der Waals surface area contributed by atoms with Crippen LogP contribution < -0.4 is 10.2 Å². The number of nitrogens with one attached hydrogen (secondary N) is 1. The number of carbonyl (C=O) groups is 1. The first-order valence-electron chi connectivity index (χ1n) is 13.4. The molecule has 2 bridgehead atoms. The molecule has 3 aliphatic rings. The number of nitrogens with zero attached hydrogens (tertiary/aromatic N) is 3. The van der Waals surface area contributed by atoms with Crippen LogP contribution in [0.3, 0.4) is 0 Å². The molecule has 204 valence electrons. The van der Waals surface area contributed by atoms with E-state index < -0.39 is 21.6 Å². The first-order valence-corrected chi connectivity index (χ1v) is 15.1. The molecule has 2 atom stereocenters. The second-order valence-corrected chi connectivity index (χ2v) is 12.7. The van der Waals surface area contributed by atoms with Gasteiger partial charge in [-0.25, -0.2) is 17.8 Å². The maximum Gasteiger partial charge on any atom is 0.309 e. The van der Waals surface area contributed by atoms with Crippen molar-refractivity contribution in [2.45, 2.75) is 67.8 Å². The molecule has 3 aliphatic heterocycles. The van der Waals surface area contributed by atoms with Gasteiger partial charge in [0.25, 0.3) is 0 Å². The maximum absolute atomic E-state index is 15.1. The van der Waals surface area contributed by atoms with E-state index in [1.165, 1.54) is 24.8 Å². The summed E-state index contributed by atoms with van der Waals surface area (Å²) < 4.78 is 46.0. The number of rotatable bonds is 6. The van der Waals surface area contributed by atoms with E-state index in [2.05, 4.69) is 39.2 Å². The van der Waals surface area contributed by atoms with Crippen molar-refractivity contribution in [1.82, 2.24) is 9.97 Å². The minimum absolute atomic E-state index is 0.00561. The summed E-state index contributed by atoms with van der Waals surface area (Å²) in [6.45, 7) is 0. The van der Waals surface area contributed by atoms with Crippen LogP contribution in [0.2, 0.25) is 0 Å². The lowest BCUT2D eigenvalue weighted by molar-refractivity contribution is -0.139. The summed E-state index contributed by atoms with van der Waals surface area (Å²) in [5, 5.41) is 2.97. The zero-order valence-electron chi connectivity index (χ0n) is 21.8. The Labute approximate surface area is 227 Å². The van der Waals surface area contributed by atoms with Gasteiger partial charge in [-0.2, -0.15) is 4.98 Å². The number of hydrogen-bond acceptors (Lipinski definition) is 8. The van der Waals surface area contributed by atoms with E-state index >= 15 is 4.39 Å². The summed E-state index contributed by atoms with van der Waals surface area (Å²) in [5.41, 5.74) is 2.38. The Morgan fingerprint density at radius 2 is 1.85 bits per heavy atom. The average molecular weight is 551 g/mol. The topological polar surface area (TPSA) is 101 Å². The van der Waals surface area contributed by atoms with E-state index in [4.69, 9.17) is 9.97 Å². The SMILES string of the molecule is COC(=O)Cc1ccc(Nc2nc(N3C4CCC3CC(c3ccccc3)C4)nc3c2S(=O)(=O)CCC3)c(F)c1. The van der Waals surface area contributed by atoms with Gasteiger partial charge >= 0.3 is 5.97 Å². The zero-order valence-corrected chi connectivity index (χ0v) is 22.6. The van der Waals surface area contributed by atoms with Gasteiger partial charge in [0.2, 0.25) is 5.95 Å². The number of sulfone groups is 1. The van der Waals surface area contributed by atoms with E-state index in [0.29, 0.717) is 36.0 Å². The third-order valence-corrected chi connectivity index (χ3v) is 10.0. The van der Waals surface area contributed by atoms with E-state index in [0.717, 1.165) is 25.7 Å². The Balaban J connectivity index is 1.34. The lowest BCUT2D eigenvalue weighted by Crippen LogP contribution is -2.43. The van der Waals surface area contributed by atoms with Crippen LogP contribution in [0.5, 0.6) is 0 Å². The Morgan fingerprint density at radius 3 is 2.54 bits per heavy atom. The van der Waals surface area contributed by atoms with E-state index in [-0.39, 0.29) is 40.7 Å². The number of methoxy groups -OCH3 is 1. The van der Waals surface area contributed by atoms with Crippen molar-refractivity contribution >= 4 is 33.3 Å². The van der Waals surface area contributed by atoms with Crippen LogP contribution in [0.4, 0.5) is 21.8 Å². The number of piperidine rings is 1. The van der Waals surface area contributed by atoms with Crippen LogP contribution in [0.15, 0.2) is 53.4 Å². The summed E-state index contributed by atoms with van der Waals surface area (Å²) in [7, 11) is -2.35. The van der Waals surface area contributed by atoms with Crippen LogP contribution in [0.1, 0.15) is 54.8 Å². The molecule has 10 heteroatoms. The van der Waals surface area contributed by atoms with Crippen molar-refractivity contribution in [1.29, 1.82) is 0 Å². The quantitative estimate of drug-likeness (QED) is 0.441. The van der Waals surface area contributed by atoms with E-state index in [1.807, 2.05) is 6.07 Å². The van der Waals surface area contributed by atoms with E-state index in [9.17, 15) is 13.2 Å².